The Morgan fingerprint density at radius 3 is 2.53 bits per heavy atom. The van der Waals surface area contributed by atoms with Crippen LogP contribution in [0, 0.1) is 13.8 Å². The molecule has 1 aliphatic heterocycles. The van der Waals surface area contributed by atoms with Gasteiger partial charge in [-0.25, -0.2) is 0 Å². The summed E-state index contributed by atoms with van der Waals surface area (Å²) in [5.74, 6) is -0.978. The van der Waals surface area contributed by atoms with Crippen LogP contribution in [0.1, 0.15) is 16.7 Å². The smallest absolute Gasteiger partial charge is 0.321 e. The average Bonchev–Trinajstić information content (AvgIpc) is 2.19. The van der Waals surface area contributed by atoms with E-state index in [2.05, 4.69) is 0 Å². The normalized spacial score (nSPS) is 19.5. The molecule has 0 bridgehead atoms. The van der Waals surface area contributed by atoms with Crippen LogP contribution in [0.3, 0.4) is 0 Å². The lowest BCUT2D eigenvalue weighted by Gasteiger charge is -2.45. The summed E-state index contributed by atoms with van der Waals surface area (Å²) in [6.45, 7) is 4.75. The van der Waals surface area contributed by atoms with Gasteiger partial charge in [-0.1, -0.05) is 23.8 Å². The number of aryl methyl sites for hydroxylation is 2. The lowest BCUT2D eigenvalue weighted by atomic mass is 9.71. The van der Waals surface area contributed by atoms with Gasteiger partial charge in [-0.2, -0.15) is 0 Å². The lowest BCUT2D eigenvalue weighted by Crippen LogP contribution is -2.62. The number of carboxylic acids is 1. The zero-order valence-electron chi connectivity index (χ0n) is 10.1. The Bertz CT molecular complexity index is 452. The number of ether oxygens (including phenoxy) is 1. The summed E-state index contributed by atoms with van der Waals surface area (Å²) in [4.78, 5) is 11.1. The van der Waals surface area contributed by atoms with Crippen molar-refractivity contribution in [2.45, 2.75) is 25.3 Å². The van der Waals surface area contributed by atoms with Crippen LogP contribution < -0.4 is 5.73 Å². The summed E-state index contributed by atoms with van der Waals surface area (Å²) in [7, 11) is 0. The van der Waals surface area contributed by atoms with Crippen LogP contribution in [0.15, 0.2) is 18.2 Å². The molecule has 1 atom stereocenters. The van der Waals surface area contributed by atoms with E-state index in [1.54, 1.807) is 0 Å². The van der Waals surface area contributed by atoms with Gasteiger partial charge in [0.25, 0.3) is 0 Å². The van der Waals surface area contributed by atoms with Crippen molar-refractivity contribution in [2.24, 2.45) is 5.73 Å². The molecule has 92 valence electrons. The second-order valence-corrected chi connectivity index (χ2v) is 4.78. The Kier molecular flexibility index (Phi) is 2.93. The van der Waals surface area contributed by atoms with E-state index in [4.69, 9.17) is 15.6 Å². The largest absolute Gasteiger partial charge is 0.480 e. The zero-order chi connectivity index (χ0) is 12.6. The van der Waals surface area contributed by atoms with Gasteiger partial charge in [-0.15, -0.1) is 0 Å². The van der Waals surface area contributed by atoms with E-state index >= 15 is 0 Å². The number of carbonyl (C=O) groups is 1. The highest BCUT2D eigenvalue weighted by atomic mass is 16.5. The van der Waals surface area contributed by atoms with E-state index in [1.165, 1.54) is 0 Å². The second-order valence-electron chi connectivity index (χ2n) is 4.78. The zero-order valence-corrected chi connectivity index (χ0v) is 10.1. The molecule has 0 aromatic heterocycles. The number of nitrogens with two attached hydrogens (primary N) is 1. The van der Waals surface area contributed by atoms with Crippen LogP contribution in [0.4, 0.5) is 0 Å². The highest BCUT2D eigenvalue weighted by Gasteiger charge is 2.49. The maximum absolute atomic E-state index is 11.1. The van der Waals surface area contributed by atoms with Gasteiger partial charge >= 0.3 is 5.97 Å². The molecular formula is C13H17NO3. The minimum Gasteiger partial charge on any atom is -0.480 e. The van der Waals surface area contributed by atoms with Gasteiger partial charge in [0.15, 0.2) is 0 Å². The van der Waals surface area contributed by atoms with Crippen molar-refractivity contribution in [3.05, 3.63) is 34.9 Å². The van der Waals surface area contributed by atoms with Gasteiger partial charge in [0.1, 0.15) is 6.04 Å². The first kappa shape index (κ1) is 12.1. The minimum absolute atomic E-state index is 0.379. The molecule has 2 rings (SSSR count). The molecule has 1 fully saturated rings. The molecule has 1 heterocycles. The lowest BCUT2D eigenvalue weighted by molar-refractivity contribution is -0.148. The SMILES string of the molecule is Cc1ccc(C2(C(N)C(=O)O)COC2)c(C)c1. The molecule has 1 aliphatic rings. The number of aliphatic carboxylic acids is 1. The first-order valence-electron chi connectivity index (χ1n) is 5.61. The molecule has 0 radical (unpaired) electrons. The molecule has 1 unspecified atom stereocenters. The van der Waals surface area contributed by atoms with Crippen LogP contribution >= 0.6 is 0 Å². The summed E-state index contributed by atoms with van der Waals surface area (Å²) in [6, 6.07) is 5.08. The number of hydrogen-bond acceptors (Lipinski definition) is 3. The molecule has 4 nitrogen and oxygen atoms in total. The average molecular weight is 235 g/mol. The van der Waals surface area contributed by atoms with Crippen molar-refractivity contribution in [3.63, 3.8) is 0 Å². The Balaban J connectivity index is 2.45. The Morgan fingerprint density at radius 2 is 2.12 bits per heavy atom. The molecule has 0 spiro atoms. The fraction of sp³-hybridized carbons (Fsp3) is 0.462. The van der Waals surface area contributed by atoms with E-state index in [-0.39, 0.29) is 0 Å². The van der Waals surface area contributed by atoms with Crippen molar-refractivity contribution in [1.29, 1.82) is 0 Å². The highest BCUT2D eigenvalue weighted by molar-refractivity contribution is 5.76. The van der Waals surface area contributed by atoms with Crippen molar-refractivity contribution in [1.82, 2.24) is 0 Å². The van der Waals surface area contributed by atoms with Crippen LogP contribution in [-0.2, 0) is 14.9 Å². The first-order valence-corrected chi connectivity index (χ1v) is 5.61. The first-order chi connectivity index (χ1) is 7.97. The second kappa shape index (κ2) is 4.13. The van der Waals surface area contributed by atoms with E-state index < -0.39 is 17.4 Å². The van der Waals surface area contributed by atoms with Crippen molar-refractivity contribution in [3.8, 4) is 0 Å². The maximum atomic E-state index is 11.1. The maximum Gasteiger partial charge on any atom is 0.321 e. The van der Waals surface area contributed by atoms with Crippen molar-refractivity contribution >= 4 is 5.97 Å². The van der Waals surface area contributed by atoms with Crippen LogP contribution in [0.5, 0.6) is 0 Å². The van der Waals surface area contributed by atoms with E-state index in [0.717, 1.165) is 16.7 Å². The summed E-state index contributed by atoms with van der Waals surface area (Å²) in [5.41, 5.74) is 8.47. The topological polar surface area (TPSA) is 72.6 Å². The van der Waals surface area contributed by atoms with Crippen LogP contribution in [0.2, 0.25) is 0 Å². The predicted octanol–water partition coefficient (Wildman–Crippen LogP) is 0.983. The Hall–Kier alpha value is -1.39. The third kappa shape index (κ3) is 1.83. The summed E-state index contributed by atoms with van der Waals surface area (Å²) < 4.78 is 5.21. The van der Waals surface area contributed by atoms with Crippen molar-refractivity contribution in [2.75, 3.05) is 13.2 Å². The van der Waals surface area contributed by atoms with Gasteiger partial charge in [0.2, 0.25) is 0 Å². The van der Waals surface area contributed by atoms with Crippen molar-refractivity contribution < 1.29 is 14.6 Å². The van der Waals surface area contributed by atoms with E-state index in [1.807, 2.05) is 32.0 Å². The highest BCUT2D eigenvalue weighted by Crippen LogP contribution is 2.37. The third-order valence-electron chi connectivity index (χ3n) is 3.50. The Labute approximate surface area is 100 Å². The number of rotatable bonds is 3. The van der Waals surface area contributed by atoms with Gasteiger partial charge in [0, 0.05) is 0 Å². The molecule has 4 heteroatoms. The number of hydrogen-bond donors (Lipinski definition) is 2. The summed E-state index contributed by atoms with van der Waals surface area (Å²) in [6.07, 6.45) is 0. The van der Waals surface area contributed by atoms with Gasteiger partial charge in [0.05, 0.1) is 18.6 Å². The van der Waals surface area contributed by atoms with Gasteiger partial charge in [-0.05, 0) is 25.0 Å². The van der Waals surface area contributed by atoms with Gasteiger partial charge in [-0.3, -0.25) is 4.79 Å². The van der Waals surface area contributed by atoms with Crippen LogP contribution in [-0.4, -0.2) is 30.3 Å². The molecule has 1 aromatic carbocycles. The molecule has 1 saturated heterocycles. The standard InChI is InChI=1S/C13H17NO3/c1-8-3-4-10(9(2)5-8)13(6-17-7-13)11(14)12(15)16/h3-5,11H,6-7,14H2,1-2H3,(H,15,16). The fourth-order valence-electron chi connectivity index (χ4n) is 2.43. The van der Waals surface area contributed by atoms with Crippen LogP contribution in [0.25, 0.3) is 0 Å². The fourth-order valence-corrected chi connectivity index (χ4v) is 2.43. The molecular weight excluding hydrogens is 218 g/mol. The monoisotopic (exact) mass is 235 g/mol. The third-order valence-corrected chi connectivity index (χ3v) is 3.50. The summed E-state index contributed by atoms with van der Waals surface area (Å²) >= 11 is 0. The molecule has 1 aromatic rings. The summed E-state index contributed by atoms with van der Waals surface area (Å²) in [5, 5.41) is 9.11. The quantitative estimate of drug-likeness (QED) is 0.819. The number of carboxylic acid groups (broad SMARTS) is 1. The predicted molar refractivity (Wildman–Crippen MR) is 64.0 cm³/mol. The number of benzene rings is 1. The molecule has 3 N–H and O–H groups in total. The molecule has 0 saturated carbocycles. The molecule has 17 heavy (non-hydrogen) atoms. The molecule has 0 aliphatic carbocycles. The Morgan fingerprint density at radius 1 is 1.47 bits per heavy atom. The molecule has 0 amide bonds. The van der Waals surface area contributed by atoms with E-state index in [0.29, 0.717) is 13.2 Å². The minimum atomic E-state index is -0.978. The van der Waals surface area contributed by atoms with E-state index in [9.17, 15) is 4.79 Å². The van der Waals surface area contributed by atoms with Gasteiger partial charge < -0.3 is 15.6 Å².